The van der Waals surface area contributed by atoms with Crippen LogP contribution >= 0.6 is 11.6 Å². The fraction of sp³-hybridized carbons (Fsp3) is 0.571. The van der Waals surface area contributed by atoms with Gasteiger partial charge in [0.15, 0.2) is 0 Å². The lowest BCUT2D eigenvalue weighted by atomic mass is 9.95. The third kappa shape index (κ3) is 7.57. The topological polar surface area (TPSA) is 91.3 Å². The first-order valence-corrected chi connectivity index (χ1v) is 13.2. The molecule has 1 N–H and O–H groups in total. The molecule has 1 atom stereocenters. The van der Waals surface area contributed by atoms with E-state index in [4.69, 9.17) is 16.3 Å². The van der Waals surface area contributed by atoms with E-state index in [1.807, 2.05) is 53.8 Å². The highest BCUT2D eigenvalue weighted by Gasteiger charge is 2.28. The first kappa shape index (κ1) is 28.7. The maximum atomic E-state index is 13.1. The summed E-state index contributed by atoms with van der Waals surface area (Å²) in [5.41, 5.74) is 3.26. The zero-order valence-electron chi connectivity index (χ0n) is 23.0. The van der Waals surface area contributed by atoms with Crippen molar-refractivity contribution in [2.75, 3.05) is 38.1 Å². The second-order valence-corrected chi connectivity index (χ2v) is 11.6. The molecule has 2 aliphatic rings. The molecule has 3 rings (SSSR count). The number of rotatable bonds is 6. The molecule has 2 aliphatic heterocycles. The molecule has 1 aromatic carbocycles. The first-order chi connectivity index (χ1) is 17.2. The van der Waals surface area contributed by atoms with Crippen molar-refractivity contribution in [2.24, 2.45) is 16.8 Å². The number of nitrogens with one attached hydrogen (secondary N) is 1. The molecule has 0 radical (unpaired) electrons. The van der Waals surface area contributed by atoms with Crippen LogP contribution in [0.1, 0.15) is 63.4 Å². The van der Waals surface area contributed by atoms with E-state index in [9.17, 15) is 14.4 Å². The van der Waals surface area contributed by atoms with Gasteiger partial charge in [0.1, 0.15) is 5.60 Å². The van der Waals surface area contributed by atoms with Crippen molar-refractivity contribution >= 4 is 40.9 Å². The Morgan fingerprint density at radius 1 is 1.19 bits per heavy atom. The molecular formula is C28H39ClN4O4. The van der Waals surface area contributed by atoms with Crippen LogP contribution in [0.5, 0.6) is 0 Å². The molecule has 0 saturated carbocycles. The monoisotopic (exact) mass is 530 g/mol. The Bertz CT molecular complexity index is 1110. The number of hydrogen-bond donors (Lipinski definition) is 1. The average Bonchev–Trinajstić information content (AvgIpc) is 2.78. The largest absolute Gasteiger partial charge is 0.444 e. The molecule has 202 valence electrons. The minimum atomic E-state index is -0.503. The highest BCUT2D eigenvalue weighted by Crippen LogP contribution is 2.30. The summed E-state index contributed by atoms with van der Waals surface area (Å²) < 4.78 is 5.50. The standard InChI is InChI=1S/C28H39ClN4O4/c1-17-12-18(2)31-26(35)23(17)15-30-25(34)22-13-21(29)14-24(19(22)3)32(7)16-20-8-10-33(11-9-20)27(36)37-28(4,5)6/h12-14,20,23H,8-11,15-16H2,1-7H3,(H,30,34). The Balaban J connectivity index is 1.62. The Kier molecular flexibility index (Phi) is 9.05. The number of piperidine rings is 1. The molecule has 0 bridgehead atoms. The number of ether oxygens (including phenoxy) is 1. The van der Waals surface area contributed by atoms with Crippen LogP contribution in [-0.4, -0.2) is 67.3 Å². The van der Waals surface area contributed by atoms with Gasteiger partial charge in [-0.15, -0.1) is 0 Å². The van der Waals surface area contributed by atoms with Crippen LogP contribution in [0.15, 0.2) is 28.8 Å². The van der Waals surface area contributed by atoms with E-state index in [0.29, 0.717) is 35.3 Å². The summed E-state index contributed by atoms with van der Waals surface area (Å²) >= 11 is 6.43. The molecule has 0 aliphatic carbocycles. The molecule has 2 heterocycles. The van der Waals surface area contributed by atoms with E-state index in [1.165, 1.54) is 0 Å². The predicted molar refractivity (Wildman–Crippen MR) is 148 cm³/mol. The zero-order valence-corrected chi connectivity index (χ0v) is 23.7. The quantitative estimate of drug-likeness (QED) is 0.557. The fourth-order valence-electron chi connectivity index (χ4n) is 4.85. The number of carbonyl (C=O) groups excluding carboxylic acids is 3. The van der Waals surface area contributed by atoms with Crippen LogP contribution in [0.2, 0.25) is 5.02 Å². The Hall–Kier alpha value is -2.87. The maximum Gasteiger partial charge on any atom is 0.410 e. The van der Waals surface area contributed by atoms with E-state index in [1.54, 1.807) is 17.9 Å². The highest BCUT2D eigenvalue weighted by atomic mass is 35.5. The van der Waals surface area contributed by atoms with Crippen molar-refractivity contribution in [3.8, 4) is 0 Å². The lowest BCUT2D eigenvalue weighted by Gasteiger charge is -2.35. The van der Waals surface area contributed by atoms with Crippen LogP contribution in [0.4, 0.5) is 10.5 Å². The maximum absolute atomic E-state index is 13.1. The summed E-state index contributed by atoms with van der Waals surface area (Å²) in [7, 11) is 2.00. The summed E-state index contributed by atoms with van der Waals surface area (Å²) in [6, 6.07) is 3.54. The zero-order chi connectivity index (χ0) is 27.5. The SMILES string of the molecule is CC1=CC(C)=NC(=O)C1CNC(=O)c1cc(Cl)cc(N(C)CC2CCN(C(=O)OC(C)(C)C)CC2)c1C. The number of amides is 3. The van der Waals surface area contributed by atoms with Crippen LogP contribution in [0, 0.1) is 18.8 Å². The lowest BCUT2D eigenvalue weighted by Crippen LogP contribution is -2.43. The second kappa shape index (κ2) is 11.7. The highest BCUT2D eigenvalue weighted by molar-refractivity contribution is 6.31. The van der Waals surface area contributed by atoms with Crippen LogP contribution in [0.25, 0.3) is 0 Å². The van der Waals surface area contributed by atoms with Crippen molar-refractivity contribution in [1.82, 2.24) is 10.2 Å². The Labute approximate surface area is 225 Å². The summed E-state index contributed by atoms with van der Waals surface area (Å²) in [5, 5.41) is 3.37. The fourth-order valence-corrected chi connectivity index (χ4v) is 5.07. The van der Waals surface area contributed by atoms with Gasteiger partial charge in [0.25, 0.3) is 11.8 Å². The van der Waals surface area contributed by atoms with Gasteiger partial charge in [-0.1, -0.05) is 17.2 Å². The summed E-state index contributed by atoms with van der Waals surface area (Å²) in [6.45, 7) is 13.5. The van der Waals surface area contributed by atoms with E-state index in [-0.39, 0.29) is 24.5 Å². The van der Waals surface area contributed by atoms with Crippen molar-refractivity contribution < 1.29 is 19.1 Å². The molecule has 3 amide bonds. The Morgan fingerprint density at radius 3 is 2.43 bits per heavy atom. The lowest BCUT2D eigenvalue weighted by molar-refractivity contribution is -0.120. The van der Waals surface area contributed by atoms with Gasteiger partial charge in [0, 0.05) is 55.2 Å². The van der Waals surface area contributed by atoms with Crippen molar-refractivity contribution in [3.63, 3.8) is 0 Å². The van der Waals surface area contributed by atoms with Gasteiger partial charge < -0.3 is 19.9 Å². The predicted octanol–water partition coefficient (Wildman–Crippen LogP) is 5.03. The number of likely N-dealkylation sites (tertiary alicyclic amines) is 1. The molecule has 1 aromatic rings. The third-order valence-electron chi connectivity index (χ3n) is 6.84. The minimum absolute atomic E-state index is 0.185. The van der Waals surface area contributed by atoms with Gasteiger partial charge in [-0.2, -0.15) is 0 Å². The van der Waals surface area contributed by atoms with Gasteiger partial charge >= 0.3 is 6.09 Å². The Morgan fingerprint density at radius 2 is 1.84 bits per heavy atom. The molecule has 8 nitrogen and oxygen atoms in total. The average molecular weight is 531 g/mol. The van der Waals surface area contributed by atoms with Crippen LogP contribution in [0.3, 0.4) is 0 Å². The molecule has 37 heavy (non-hydrogen) atoms. The number of allylic oxidation sites excluding steroid dienone is 1. The second-order valence-electron chi connectivity index (χ2n) is 11.1. The van der Waals surface area contributed by atoms with Gasteiger partial charge in [-0.05, 0) is 84.1 Å². The molecule has 1 fully saturated rings. The number of hydrogen-bond acceptors (Lipinski definition) is 5. The van der Waals surface area contributed by atoms with Crippen LogP contribution in [-0.2, 0) is 9.53 Å². The number of benzene rings is 1. The number of aliphatic imine (C=N–C) groups is 1. The first-order valence-electron chi connectivity index (χ1n) is 12.8. The molecule has 0 aromatic heterocycles. The number of dihydropyridines is 1. The summed E-state index contributed by atoms with van der Waals surface area (Å²) in [6.07, 6.45) is 3.36. The number of anilines is 1. The number of nitrogens with zero attached hydrogens (tertiary/aromatic N) is 3. The summed E-state index contributed by atoms with van der Waals surface area (Å²) in [5.74, 6) is -0.567. The van der Waals surface area contributed by atoms with E-state index >= 15 is 0 Å². The molecule has 0 spiro atoms. The van der Waals surface area contributed by atoms with E-state index in [2.05, 4.69) is 15.2 Å². The number of halogens is 1. The molecule has 1 saturated heterocycles. The van der Waals surface area contributed by atoms with Gasteiger partial charge in [0.2, 0.25) is 0 Å². The molecule has 1 unspecified atom stereocenters. The summed E-state index contributed by atoms with van der Waals surface area (Å²) in [4.78, 5) is 45.7. The van der Waals surface area contributed by atoms with Crippen LogP contribution < -0.4 is 10.2 Å². The number of carbonyl (C=O) groups is 3. The van der Waals surface area contributed by atoms with Crippen molar-refractivity contribution in [1.29, 1.82) is 0 Å². The minimum Gasteiger partial charge on any atom is -0.444 e. The normalized spacial score (nSPS) is 18.8. The van der Waals surface area contributed by atoms with E-state index < -0.39 is 11.5 Å². The smallest absolute Gasteiger partial charge is 0.410 e. The van der Waals surface area contributed by atoms with E-state index in [0.717, 1.165) is 36.2 Å². The molecule has 9 heteroatoms. The van der Waals surface area contributed by atoms with Gasteiger partial charge in [0.05, 0.1) is 5.92 Å². The van der Waals surface area contributed by atoms with Crippen molar-refractivity contribution in [3.05, 3.63) is 39.9 Å². The third-order valence-corrected chi connectivity index (χ3v) is 7.06. The van der Waals surface area contributed by atoms with Gasteiger partial charge in [-0.3, -0.25) is 9.59 Å². The van der Waals surface area contributed by atoms with Gasteiger partial charge in [-0.25, -0.2) is 9.79 Å². The van der Waals surface area contributed by atoms with Crippen molar-refractivity contribution in [2.45, 2.75) is 60.0 Å². The molecular weight excluding hydrogens is 492 g/mol.